The summed E-state index contributed by atoms with van der Waals surface area (Å²) in [4.78, 5) is 27.6. The minimum absolute atomic E-state index is 0.0845. The van der Waals surface area contributed by atoms with Crippen LogP contribution >= 0.6 is 34.8 Å². The van der Waals surface area contributed by atoms with Gasteiger partial charge in [-0.15, -0.1) is 0 Å². The van der Waals surface area contributed by atoms with Crippen LogP contribution in [0.3, 0.4) is 0 Å². The maximum absolute atomic E-state index is 13.2. The first kappa shape index (κ1) is 23.5. The number of carbonyl (C=O) groups excluding carboxylic acids is 2. The number of carbonyl (C=O) groups is 2. The highest BCUT2D eigenvalue weighted by Gasteiger charge is 2.28. The van der Waals surface area contributed by atoms with Crippen LogP contribution in [-0.2, 0) is 22.6 Å². The van der Waals surface area contributed by atoms with Gasteiger partial charge in [0, 0.05) is 28.2 Å². The topological polar surface area (TPSA) is 49.4 Å². The molecular formula is C22H25Cl3N2O2. The number of nitrogens with one attached hydrogen (secondary N) is 1. The van der Waals surface area contributed by atoms with Gasteiger partial charge in [-0.05, 0) is 48.2 Å². The molecule has 0 aliphatic rings. The first-order chi connectivity index (χ1) is 13.8. The lowest BCUT2D eigenvalue weighted by Gasteiger charge is -2.31. The minimum Gasteiger partial charge on any atom is -0.354 e. The van der Waals surface area contributed by atoms with Crippen molar-refractivity contribution in [3.63, 3.8) is 0 Å². The third-order valence-electron chi connectivity index (χ3n) is 4.56. The summed E-state index contributed by atoms with van der Waals surface area (Å²) in [6, 6.07) is 11.7. The van der Waals surface area contributed by atoms with Crippen LogP contribution in [0.15, 0.2) is 42.5 Å². The van der Waals surface area contributed by atoms with Crippen molar-refractivity contribution in [2.45, 2.75) is 45.7 Å². The Bertz CT molecular complexity index is 840. The first-order valence-electron chi connectivity index (χ1n) is 9.61. The van der Waals surface area contributed by atoms with E-state index in [2.05, 4.69) is 5.32 Å². The van der Waals surface area contributed by atoms with Crippen LogP contribution in [0.1, 0.15) is 37.8 Å². The van der Waals surface area contributed by atoms with Gasteiger partial charge in [0.1, 0.15) is 6.04 Å². The summed E-state index contributed by atoms with van der Waals surface area (Å²) in [5, 5.41) is 4.46. The van der Waals surface area contributed by atoms with Gasteiger partial charge in [-0.25, -0.2) is 0 Å². The minimum atomic E-state index is -0.573. The second-order valence-electron chi connectivity index (χ2n) is 6.78. The van der Waals surface area contributed by atoms with Crippen molar-refractivity contribution >= 4 is 46.6 Å². The number of amides is 2. The molecule has 0 saturated heterocycles. The van der Waals surface area contributed by atoms with Gasteiger partial charge in [-0.2, -0.15) is 0 Å². The third-order valence-corrected chi connectivity index (χ3v) is 5.40. The van der Waals surface area contributed by atoms with Crippen molar-refractivity contribution < 1.29 is 9.59 Å². The molecule has 2 aromatic rings. The lowest BCUT2D eigenvalue weighted by molar-refractivity contribution is -0.140. The molecule has 0 fully saturated rings. The van der Waals surface area contributed by atoms with Crippen LogP contribution in [-0.4, -0.2) is 29.3 Å². The van der Waals surface area contributed by atoms with Gasteiger partial charge in [-0.1, -0.05) is 66.8 Å². The lowest BCUT2D eigenvalue weighted by atomic mass is 10.1. The molecule has 0 saturated carbocycles. The van der Waals surface area contributed by atoms with E-state index in [0.29, 0.717) is 40.1 Å². The number of nitrogens with zero attached hydrogens (tertiary/aromatic N) is 1. The second-order valence-corrected chi connectivity index (χ2v) is 8.06. The number of rotatable bonds is 9. The molecule has 0 unspecified atom stereocenters. The SMILES string of the molecule is CCCNC(=O)[C@H](CC)N(Cc1ccc(Cl)cc1)C(=O)Cc1ccc(Cl)cc1Cl. The smallest absolute Gasteiger partial charge is 0.242 e. The first-order valence-corrected chi connectivity index (χ1v) is 10.7. The molecule has 0 aliphatic heterocycles. The summed E-state index contributed by atoms with van der Waals surface area (Å²) in [6.07, 6.45) is 1.41. The highest BCUT2D eigenvalue weighted by molar-refractivity contribution is 6.35. The van der Waals surface area contributed by atoms with Gasteiger partial charge < -0.3 is 10.2 Å². The molecule has 0 aliphatic carbocycles. The van der Waals surface area contributed by atoms with Crippen LogP contribution in [0.25, 0.3) is 0 Å². The predicted octanol–water partition coefficient (Wildman–Crippen LogP) is 5.52. The van der Waals surface area contributed by atoms with Crippen LogP contribution < -0.4 is 5.32 Å². The fourth-order valence-corrected chi connectivity index (χ4v) is 3.60. The summed E-state index contributed by atoms with van der Waals surface area (Å²) in [5.41, 5.74) is 1.57. The lowest BCUT2D eigenvalue weighted by Crippen LogP contribution is -2.49. The molecule has 2 aromatic carbocycles. The van der Waals surface area contributed by atoms with E-state index in [1.54, 1.807) is 35.2 Å². The largest absolute Gasteiger partial charge is 0.354 e. The normalized spacial score (nSPS) is 11.8. The highest BCUT2D eigenvalue weighted by Crippen LogP contribution is 2.23. The van der Waals surface area contributed by atoms with Crippen LogP contribution in [0.4, 0.5) is 0 Å². The Morgan fingerprint density at radius 3 is 2.24 bits per heavy atom. The Labute approximate surface area is 187 Å². The van der Waals surface area contributed by atoms with E-state index in [1.165, 1.54) is 0 Å². The molecule has 2 rings (SSSR count). The van der Waals surface area contributed by atoms with E-state index in [1.807, 2.05) is 26.0 Å². The molecule has 0 bridgehead atoms. The number of hydrogen-bond acceptors (Lipinski definition) is 2. The van der Waals surface area contributed by atoms with Crippen molar-refractivity contribution in [1.29, 1.82) is 0 Å². The maximum Gasteiger partial charge on any atom is 0.242 e. The predicted molar refractivity (Wildman–Crippen MR) is 120 cm³/mol. The van der Waals surface area contributed by atoms with Gasteiger partial charge >= 0.3 is 0 Å². The molecule has 156 valence electrons. The molecule has 0 radical (unpaired) electrons. The van der Waals surface area contributed by atoms with Crippen molar-refractivity contribution in [1.82, 2.24) is 10.2 Å². The van der Waals surface area contributed by atoms with Crippen molar-refractivity contribution in [2.75, 3.05) is 6.54 Å². The van der Waals surface area contributed by atoms with E-state index in [9.17, 15) is 9.59 Å². The van der Waals surface area contributed by atoms with Gasteiger partial charge in [0.25, 0.3) is 0 Å². The number of halogens is 3. The van der Waals surface area contributed by atoms with E-state index in [4.69, 9.17) is 34.8 Å². The summed E-state index contributed by atoms with van der Waals surface area (Å²) in [6.45, 7) is 4.76. The molecule has 7 heteroatoms. The van der Waals surface area contributed by atoms with Crippen molar-refractivity contribution in [3.05, 3.63) is 68.7 Å². The quantitative estimate of drug-likeness (QED) is 0.541. The third kappa shape index (κ3) is 6.91. The fraction of sp³-hybridized carbons (Fsp3) is 0.364. The van der Waals surface area contributed by atoms with E-state index in [0.717, 1.165) is 12.0 Å². The molecule has 0 heterocycles. The fourth-order valence-electron chi connectivity index (χ4n) is 3.00. The van der Waals surface area contributed by atoms with Gasteiger partial charge in [-0.3, -0.25) is 9.59 Å². The molecule has 1 atom stereocenters. The summed E-state index contributed by atoms with van der Waals surface area (Å²) in [7, 11) is 0. The summed E-state index contributed by atoms with van der Waals surface area (Å²) >= 11 is 18.2. The molecule has 2 amide bonds. The van der Waals surface area contributed by atoms with Crippen molar-refractivity contribution in [3.8, 4) is 0 Å². The Morgan fingerprint density at radius 1 is 1.00 bits per heavy atom. The molecule has 4 nitrogen and oxygen atoms in total. The standard InChI is InChI=1S/C22H25Cl3N2O2/c1-3-11-26-22(29)20(4-2)27(14-15-5-8-17(23)9-6-15)21(28)12-16-7-10-18(24)13-19(16)25/h5-10,13,20H,3-4,11-12,14H2,1-2H3,(H,26,29)/t20-/m0/s1. The number of benzene rings is 2. The van der Waals surface area contributed by atoms with E-state index >= 15 is 0 Å². The van der Waals surface area contributed by atoms with Gasteiger partial charge in [0.2, 0.25) is 11.8 Å². The summed E-state index contributed by atoms with van der Waals surface area (Å²) < 4.78 is 0. The van der Waals surface area contributed by atoms with E-state index in [-0.39, 0.29) is 18.2 Å². The van der Waals surface area contributed by atoms with Crippen molar-refractivity contribution in [2.24, 2.45) is 0 Å². The Kier molecular flexibility index (Phi) is 9.28. The van der Waals surface area contributed by atoms with Gasteiger partial charge in [0.15, 0.2) is 0 Å². The Morgan fingerprint density at radius 2 is 1.66 bits per heavy atom. The van der Waals surface area contributed by atoms with Gasteiger partial charge in [0.05, 0.1) is 6.42 Å². The van der Waals surface area contributed by atoms with Crippen LogP contribution in [0.5, 0.6) is 0 Å². The zero-order chi connectivity index (χ0) is 21.4. The van der Waals surface area contributed by atoms with Crippen LogP contribution in [0, 0.1) is 0 Å². The molecule has 0 aromatic heterocycles. The Hall–Kier alpha value is -1.75. The Balaban J connectivity index is 2.29. The van der Waals surface area contributed by atoms with Crippen LogP contribution in [0.2, 0.25) is 15.1 Å². The highest BCUT2D eigenvalue weighted by atomic mass is 35.5. The second kappa shape index (κ2) is 11.4. The monoisotopic (exact) mass is 454 g/mol. The zero-order valence-corrected chi connectivity index (χ0v) is 18.8. The van der Waals surface area contributed by atoms with E-state index < -0.39 is 6.04 Å². The summed E-state index contributed by atoms with van der Waals surface area (Å²) in [5.74, 6) is -0.332. The zero-order valence-electron chi connectivity index (χ0n) is 16.6. The molecule has 0 spiro atoms. The molecular weight excluding hydrogens is 431 g/mol. The molecule has 29 heavy (non-hydrogen) atoms. The average molecular weight is 456 g/mol. The molecule has 1 N–H and O–H groups in total. The average Bonchev–Trinajstić information content (AvgIpc) is 2.69. The number of hydrogen-bond donors (Lipinski definition) is 1. The maximum atomic E-state index is 13.2.